The average molecular weight is 242 g/mol. The summed E-state index contributed by atoms with van der Waals surface area (Å²) in [6.45, 7) is 3.41. The number of rotatable bonds is 3. The van der Waals surface area contributed by atoms with Crippen molar-refractivity contribution in [3.8, 4) is 0 Å². The Labute approximate surface area is 100 Å². The molecular formula is C11H18N2O4. The van der Waals surface area contributed by atoms with Gasteiger partial charge >= 0.3 is 0 Å². The van der Waals surface area contributed by atoms with Gasteiger partial charge in [-0.1, -0.05) is 0 Å². The molecule has 0 saturated carbocycles. The van der Waals surface area contributed by atoms with Crippen molar-refractivity contribution in [1.29, 1.82) is 0 Å². The predicted octanol–water partition coefficient (Wildman–Crippen LogP) is -0.679. The third-order valence-electron chi connectivity index (χ3n) is 2.72. The van der Waals surface area contributed by atoms with Gasteiger partial charge in [-0.15, -0.1) is 0 Å². The number of hydrogen-bond acceptors (Lipinski definition) is 5. The Morgan fingerprint density at radius 3 is 3.12 bits per heavy atom. The third-order valence-corrected chi connectivity index (χ3v) is 2.72. The van der Waals surface area contributed by atoms with E-state index in [0.29, 0.717) is 38.7 Å². The number of amides is 1. The van der Waals surface area contributed by atoms with Crippen LogP contribution in [0.15, 0.2) is 12.0 Å². The third kappa shape index (κ3) is 3.10. The summed E-state index contributed by atoms with van der Waals surface area (Å²) in [5, 5.41) is 3.04. The van der Waals surface area contributed by atoms with E-state index in [4.69, 9.17) is 14.2 Å². The van der Waals surface area contributed by atoms with Gasteiger partial charge in [-0.05, 0) is 7.05 Å². The van der Waals surface area contributed by atoms with Crippen LogP contribution in [0.4, 0.5) is 0 Å². The fourth-order valence-corrected chi connectivity index (χ4v) is 1.89. The Balaban J connectivity index is 1.92. The molecule has 0 aromatic heterocycles. The first-order chi connectivity index (χ1) is 8.31. The zero-order valence-corrected chi connectivity index (χ0v) is 9.98. The van der Waals surface area contributed by atoms with Gasteiger partial charge in [0.1, 0.15) is 19.5 Å². The van der Waals surface area contributed by atoms with Crippen molar-refractivity contribution in [2.24, 2.45) is 0 Å². The Kier molecular flexibility index (Phi) is 4.22. The van der Waals surface area contributed by atoms with E-state index in [1.165, 1.54) is 6.26 Å². The fraction of sp³-hybridized carbons (Fsp3) is 0.727. The second kappa shape index (κ2) is 5.88. The lowest BCUT2D eigenvalue weighted by molar-refractivity contribution is -0.139. The molecule has 0 aromatic rings. The van der Waals surface area contributed by atoms with Crippen LogP contribution in [-0.4, -0.2) is 63.4 Å². The molecule has 2 rings (SSSR count). The molecule has 1 saturated heterocycles. The van der Waals surface area contributed by atoms with Gasteiger partial charge in [0.2, 0.25) is 5.76 Å². The summed E-state index contributed by atoms with van der Waals surface area (Å²) < 4.78 is 15.9. The first-order valence-corrected chi connectivity index (χ1v) is 5.81. The van der Waals surface area contributed by atoms with Crippen LogP contribution < -0.4 is 5.32 Å². The quantitative estimate of drug-likeness (QED) is 0.710. The minimum Gasteiger partial charge on any atom is -0.494 e. The predicted molar refractivity (Wildman–Crippen MR) is 60.2 cm³/mol. The van der Waals surface area contributed by atoms with Crippen molar-refractivity contribution >= 4 is 5.91 Å². The van der Waals surface area contributed by atoms with E-state index in [2.05, 4.69) is 5.32 Å². The summed E-state index contributed by atoms with van der Waals surface area (Å²) in [5.74, 6) is 0.176. The monoisotopic (exact) mass is 242 g/mol. The summed E-state index contributed by atoms with van der Waals surface area (Å²) in [6.07, 6.45) is 1.44. The van der Waals surface area contributed by atoms with Gasteiger partial charge in [0.15, 0.2) is 0 Å². The molecule has 0 spiro atoms. The lowest BCUT2D eigenvalue weighted by atomic mass is 10.2. The highest BCUT2D eigenvalue weighted by Gasteiger charge is 2.27. The maximum absolute atomic E-state index is 12.1. The van der Waals surface area contributed by atoms with Crippen LogP contribution in [0.1, 0.15) is 0 Å². The molecule has 1 atom stereocenters. The number of carbonyl (C=O) groups excluding carboxylic acids is 1. The molecule has 17 heavy (non-hydrogen) atoms. The van der Waals surface area contributed by atoms with E-state index in [1.807, 2.05) is 7.05 Å². The lowest BCUT2D eigenvalue weighted by Crippen LogP contribution is -2.49. The van der Waals surface area contributed by atoms with E-state index in [0.717, 1.165) is 6.54 Å². The molecule has 2 aliphatic rings. The van der Waals surface area contributed by atoms with Gasteiger partial charge in [0.25, 0.3) is 5.91 Å². The molecule has 2 aliphatic heterocycles. The van der Waals surface area contributed by atoms with E-state index in [9.17, 15) is 4.79 Å². The van der Waals surface area contributed by atoms with Crippen molar-refractivity contribution in [3.05, 3.63) is 12.0 Å². The van der Waals surface area contributed by atoms with Crippen molar-refractivity contribution in [3.63, 3.8) is 0 Å². The van der Waals surface area contributed by atoms with E-state index in [-0.39, 0.29) is 12.0 Å². The summed E-state index contributed by atoms with van der Waals surface area (Å²) >= 11 is 0. The maximum atomic E-state index is 12.1. The number of morpholine rings is 1. The van der Waals surface area contributed by atoms with Crippen molar-refractivity contribution < 1.29 is 19.0 Å². The van der Waals surface area contributed by atoms with Crippen LogP contribution >= 0.6 is 0 Å². The molecule has 6 nitrogen and oxygen atoms in total. The Hall–Kier alpha value is -1.27. The van der Waals surface area contributed by atoms with Gasteiger partial charge in [-0.2, -0.15) is 0 Å². The molecule has 1 N–H and O–H groups in total. The van der Waals surface area contributed by atoms with Crippen LogP contribution in [0, 0.1) is 0 Å². The number of nitrogens with one attached hydrogen (secondary N) is 1. The fourth-order valence-electron chi connectivity index (χ4n) is 1.89. The molecule has 1 amide bonds. The highest BCUT2D eigenvalue weighted by Crippen LogP contribution is 2.12. The number of ether oxygens (including phenoxy) is 3. The molecule has 2 heterocycles. The van der Waals surface area contributed by atoms with Crippen molar-refractivity contribution in [2.45, 2.75) is 6.10 Å². The molecule has 0 aromatic carbocycles. The van der Waals surface area contributed by atoms with Crippen LogP contribution in [-0.2, 0) is 19.0 Å². The van der Waals surface area contributed by atoms with Gasteiger partial charge in [-0.3, -0.25) is 4.79 Å². The van der Waals surface area contributed by atoms with Gasteiger partial charge in [-0.25, -0.2) is 0 Å². The molecule has 1 fully saturated rings. The molecule has 0 radical (unpaired) electrons. The van der Waals surface area contributed by atoms with Gasteiger partial charge in [0.05, 0.1) is 12.7 Å². The Morgan fingerprint density at radius 2 is 2.41 bits per heavy atom. The second-order valence-corrected chi connectivity index (χ2v) is 4.00. The number of likely N-dealkylation sites (N-methyl/N-ethyl adjacent to an activating group) is 1. The zero-order valence-electron chi connectivity index (χ0n) is 9.98. The number of carbonyl (C=O) groups is 1. The smallest absolute Gasteiger partial charge is 0.292 e. The number of nitrogens with zero attached hydrogens (tertiary/aromatic N) is 1. The van der Waals surface area contributed by atoms with Crippen LogP contribution in [0.2, 0.25) is 0 Å². The first-order valence-electron chi connectivity index (χ1n) is 5.81. The molecule has 96 valence electrons. The van der Waals surface area contributed by atoms with Crippen LogP contribution in [0.3, 0.4) is 0 Å². The standard InChI is InChI=1S/C11H18N2O4/c1-12-6-9-7-13(2-3-16-9)11(14)10-8-15-4-5-17-10/h8-9,12H,2-7H2,1H3. The topological polar surface area (TPSA) is 60.0 Å². The second-order valence-electron chi connectivity index (χ2n) is 4.00. The van der Waals surface area contributed by atoms with E-state index >= 15 is 0 Å². The number of hydrogen-bond donors (Lipinski definition) is 1. The van der Waals surface area contributed by atoms with Crippen LogP contribution in [0.5, 0.6) is 0 Å². The average Bonchev–Trinajstić information content (AvgIpc) is 2.40. The molecular weight excluding hydrogens is 224 g/mol. The zero-order chi connectivity index (χ0) is 12.1. The Bertz CT molecular complexity index is 304. The molecule has 0 bridgehead atoms. The van der Waals surface area contributed by atoms with Gasteiger partial charge in [0, 0.05) is 19.6 Å². The van der Waals surface area contributed by atoms with E-state index in [1.54, 1.807) is 4.90 Å². The van der Waals surface area contributed by atoms with Crippen molar-refractivity contribution in [1.82, 2.24) is 10.2 Å². The van der Waals surface area contributed by atoms with E-state index < -0.39 is 0 Å². The largest absolute Gasteiger partial charge is 0.494 e. The minimum atomic E-state index is -0.117. The molecule has 0 aliphatic carbocycles. The summed E-state index contributed by atoms with van der Waals surface area (Å²) in [7, 11) is 1.87. The SMILES string of the molecule is CNCC1CN(C(=O)C2=COCCO2)CCO1. The lowest BCUT2D eigenvalue weighted by Gasteiger charge is -2.33. The van der Waals surface area contributed by atoms with Crippen LogP contribution in [0.25, 0.3) is 0 Å². The Morgan fingerprint density at radius 1 is 1.53 bits per heavy atom. The normalized spacial score (nSPS) is 24.6. The highest BCUT2D eigenvalue weighted by molar-refractivity contribution is 5.91. The first kappa shape index (κ1) is 12.2. The van der Waals surface area contributed by atoms with Gasteiger partial charge < -0.3 is 24.4 Å². The molecule has 1 unspecified atom stereocenters. The summed E-state index contributed by atoms with van der Waals surface area (Å²) in [4.78, 5) is 13.8. The highest BCUT2D eigenvalue weighted by atomic mass is 16.6. The summed E-state index contributed by atoms with van der Waals surface area (Å²) in [6, 6.07) is 0. The van der Waals surface area contributed by atoms with Crippen molar-refractivity contribution in [2.75, 3.05) is 46.5 Å². The minimum absolute atomic E-state index is 0.0443. The molecule has 6 heteroatoms. The maximum Gasteiger partial charge on any atom is 0.292 e. The summed E-state index contributed by atoms with van der Waals surface area (Å²) in [5.41, 5.74) is 0.